The van der Waals surface area contributed by atoms with Gasteiger partial charge in [-0.3, -0.25) is 9.59 Å². The van der Waals surface area contributed by atoms with E-state index in [9.17, 15) is 9.59 Å². The van der Waals surface area contributed by atoms with Crippen LogP contribution in [0.1, 0.15) is 28.7 Å². The largest absolute Gasteiger partial charge is 0.326 e. The van der Waals surface area contributed by atoms with Crippen LogP contribution in [0.3, 0.4) is 0 Å². The van der Waals surface area contributed by atoms with Crippen molar-refractivity contribution in [2.75, 3.05) is 10.6 Å². The first-order valence-electron chi connectivity index (χ1n) is 8.25. The maximum atomic E-state index is 12.5. The van der Waals surface area contributed by atoms with Crippen molar-refractivity contribution in [3.8, 4) is 5.69 Å². The fourth-order valence-corrected chi connectivity index (χ4v) is 2.61. The van der Waals surface area contributed by atoms with Crippen molar-refractivity contribution in [3.05, 3.63) is 71.5 Å². The molecule has 3 rings (SSSR count). The Morgan fingerprint density at radius 3 is 2.23 bits per heavy atom. The molecule has 3 aromatic rings. The van der Waals surface area contributed by atoms with Crippen LogP contribution >= 0.6 is 0 Å². The van der Waals surface area contributed by atoms with Gasteiger partial charge in [0.2, 0.25) is 5.91 Å². The van der Waals surface area contributed by atoms with Crippen LogP contribution in [0.2, 0.25) is 0 Å². The number of amides is 2. The molecule has 26 heavy (non-hydrogen) atoms. The van der Waals surface area contributed by atoms with Gasteiger partial charge >= 0.3 is 0 Å². The van der Waals surface area contributed by atoms with E-state index in [0.717, 1.165) is 16.9 Å². The zero-order valence-corrected chi connectivity index (χ0v) is 14.9. The van der Waals surface area contributed by atoms with Crippen LogP contribution in [-0.2, 0) is 4.79 Å². The first-order chi connectivity index (χ1) is 12.4. The van der Waals surface area contributed by atoms with Crippen molar-refractivity contribution in [2.24, 2.45) is 0 Å². The van der Waals surface area contributed by atoms with Gasteiger partial charge in [-0.15, -0.1) is 0 Å². The third-order valence-electron chi connectivity index (χ3n) is 3.84. The van der Waals surface area contributed by atoms with Crippen molar-refractivity contribution in [3.63, 3.8) is 0 Å². The van der Waals surface area contributed by atoms with E-state index in [4.69, 9.17) is 0 Å². The number of anilines is 2. The van der Waals surface area contributed by atoms with E-state index in [1.807, 2.05) is 38.1 Å². The molecule has 0 aliphatic rings. The minimum absolute atomic E-state index is 0.166. The number of rotatable bonds is 4. The van der Waals surface area contributed by atoms with Crippen molar-refractivity contribution in [1.82, 2.24) is 9.78 Å². The summed E-state index contributed by atoms with van der Waals surface area (Å²) in [6.45, 7) is 5.36. The predicted octanol–water partition coefficient (Wildman–Crippen LogP) is 3.70. The highest BCUT2D eigenvalue weighted by atomic mass is 16.2. The summed E-state index contributed by atoms with van der Waals surface area (Å²) in [5, 5.41) is 9.91. The molecule has 6 nitrogen and oxygen atoms in total. The number of aryl methyl sites for hydroxylation is 2. The molecule has 132 valence electrons. The molecule has 0 saturated heterocycles. The van der Waals surface area contributed by atoms with Crippen LogP contribution in [0.4, 0.5) is 11.4 Å². The van der Waals surface area contributed by atoms with Crippen LogP contribution < -0.4 is 10.6 Å². The summed E-state index contributed by atoms with van der Waals surface area (Å²) in [6, 6.07) is 16.7. The van der Waals surface area contributed by atoms with E-state index < -0.39 is 0 Å². The Kier molecular flexibility index (Phi) is 4.84. The van der Waals surface area contributed by atoms with Crippen LogP contribution in [0, 0.1) is 13.8 Å². The monoisotopic (exact) mass is 348 g/mol. The number of hydrogen-bond acceptors (Lipinski definition) is 3. The van der Waals surface area contributed by atoms with Crippen LogP contribution in [0.15, 0.2) is 54.6 Å². The van der Waals surface area contributed by atoms with Crippen molar-refractivity contribution < 1.29 is 9.59 Å². The molecule has 0 spiro atoms. The van der Waals surface area contributed by atoms with E-state index in [2.05, 4.69) is 15.7 Å². The molecule has 0 atom stereocenters. The fourth-order valence-electron chi connectivity index (χ4n) is 2.61. The molecule has 0 aliphatic carbocycles. The molecule has 0 fully saturated rings. The van der Waals surface area contributed by atoms with Crippen molar-refractivity contribution in [2.45, 2.75) is 20.8 Å². The first kappa shape index (κ1) is 17.4. The van der Waals surface area contributed by atoms with Crippen LogP contribution in [-0.4, -0.2) is 21.6 Å². The molecular weight excluding hydrogens is 328 g/mol. The lowest BCUT2D eigenvalue weighted by molar-refractivity contribution is -0.114. The maximum absolute atomic E-state index is 12.5. The van der Waals surface area contributed by atoms with E-state index in [1.54, 1.807) is 35.0 Å². The molecule has 1 heterocycles. The highest BCUT2D eigenvalue weighted by Crippen LogP contribution is 2.17. The Labute approximate surface area is 151 Å². The SMILES string of the molecule is CC(=O)Nc1cccc(NC(=O)c2cc(C)n(-c3ccc(C)cc3)n2)c1. The maximum Gasteiger partial charge on any atom is 0.276 e. The van der Waals surface area contributed by atoms with Crippen LogP contribution in [0.25, 0.3) is 5.69 Å². The van der Waals surface area contributed by atoms with Gasteiger partial charge in [0.05, 0.1) is 5.69 Å². The molecule has 0 unspecified atom stereocenters. The van der Waals surface area contributed by atoms with E-state index in [-0.39, 0.29) is 11.8 Å². The number of aromatic nitrogens is 2. The minimum atomic E-state index is -0.307. The summed E-state index contributed by atoms with van der Waals surface area (Å²) in [5.74, 6) is -0.472. The second kappa shape index (κ2) is 7.23. The Balaban J connectivity index is 1.80. The summed E-state index contributed by atoms with van der Waals surface area (Å²) in [5.41, 5.74) is 4.47. The Morgan fingerprint density at radius 1 is 0.923 bits per heavy atom. The zero-order chi connectivity index (χ0) is 18.7. The summed E-state index contributed by atoms with van der Waals surface area (Å²) in [6.07, 6.45) is 0. The average molecular weight is 348 g/mol. The minimum Gasteiger partial charge on any atom is -0.326 e. The van der Waals surface area contributed by atoms with Gasteiger partial charge < -0.3 is 10.6 Å². The highest BCUT2D eigenvalue weighted by Gasteiger charge is 2.14. The number of nitrogens with one attached hydrogen (secondary N) is 2. The number of carbonyl (C=O) groups excluding carboxylic acids is 2. The van der Waals surface area contributed by atoms with Gasteiger partial charge in [-0.05, 0) is 50.2 Å². The third kappa shape index (κ3) is 3.97. The van der Waals surface area contributed by atoms with Gasteiger partial charge in [-0.25, -0.2) is 4.68 Å². The molecule has 6 heteroatoms. The molecule has 0 saturated carbocycles. The highest BCUT2D eigenvalue weighted by molar-refractivity contribution is 6.03. The van der Waals surface area contributed by atoms with Gasteiger partial charge in [0.15, 0.2) is 5.69 Å². The second-order valence-corrected chi connectivity index (χ2v) is 6.13. The lowest BCUT2D eigenvalue weighted by atomic mass is 10.2. The Morgan fingerprint density at radius 2 is 1.58 bits per heavy atom. The summed E-state index contributed by atoms with van der Waals surface area (Å²) in [7, 11) is 0. The molecule has 2 amide bonds. The van der Waals surface area contributed by atoms with Gasteiger partial charge in [0.25, 0.3) is 5.91 Å². The van der Waals surface area contributed by atoms with Gasteiger partial charge in [0.1, 0.15) is 0 Å². The summed E-state index contributed by atoms with van der Waals surface area (Å²) < 4.78 is 1.74. The van der Waals surface area contributed by atoms with Crippen molar-refractivity contribution >= 4 is 23.2 Å². The van der Waals surface area contributed by atoms with Gasteiger partial charge in [0, 0.05) is 24.0 Å². The Hall–Kier alpha value is -3.41. The predicted molar refractivity (Wildman–Crippen MR) is 102 cm³/mol. The summed E-state index contributed by atoms with van der Waals surface area (Å²) in [4.78, 5) is 23.7. The molecule has 0 aliphatic heterocycles. The first-order valence-corrected chi connectivity index (χ1v) is 8.25. The second-order valence-electron chi connectivity index (χ2n) is 6.13. The topological polar surface area (TPSA) is 76.0 Å². The number of nitrogens with zero attached hydrogens (tertiary/aromatic N) is 2. The van der Waals surface area contributed by atoms with Gasteiger partial charge in [-0.1, -0.05) is 23.8 Å². The number of hydrogen-bond donors (Lipinski definition) is 2. The number of carbonyl (C=O) groups is 2. The van der Waals surface area contributed by atoms with Crippen molar-refractivity contribution in [1.29, 1.82) is 0 Å². The molecule has 2 aromatic carbocycles. The van der Waals surface area contributed by atoms with Crippen LogP contribution in [0.5, 0.6) is 0 Å². The third-order valence-corrected chi connectivity index (χ3v) is 3.84. The molecule has 0 bridgehead atoms. The zero-order valence-electron chi connectivity index (χ0n) is 14.9. The molecule has 2 N–H and O–H groups in total. The smallest absolute Gasteiger partial charge is 0.276 e. The van der Waals surface area contributed by atoms with Gasteiger partial charge in [-0.2, -0.15) is 5.10 Å². The average Bonchev–Trinajstić information content (AvgIpc) is 2.97. The lowest BCUT2D eigenvalue weighted by Crippen LogP contribution is -2.13. The fraction of sp³-hybridized carbons (Fsp3) is 0.150. The quantitative estimate of drug-likeness (QED) is 0.755. The number of benzene rings is 2. The molecule has 0 radical (unpaired) electrons. The molecule has 1 aromatic heterocycles. The lowest BCUT2D eigenvalue weighted by Gasteiger charge is -2.07. The Bertz CT molecular complexity index is 958. The normalized spacial score (nSPS) is 10.4. The summed E-state index contributed by atoms with van der Waals surface area (Å²) >= 11 is 0. The molecular formula is C20H20N4O2. The van der Waals surface area contributed by atoms with E-state index in [0.29, 0.717) is 17.1 Å². The van der Waals surface area contributed by atoms with E-state index in [1.165, 1.54) is 6.92 Å². The standard InChI is InChI=1S/C20H20N4O2/c1-13-7-9-18(10-8-13)24-14(2)11-19(23-24)20(26)22-17-6-4-5-16(12-17)21-15(3)25/h4-12H,1-3H3,(H,21,25)(H,22,26). The van der Waals surface area contributed by atoms with E-state index >= 15 is 0 Å².